The molecule has 4 heterocycles. The Morgan fingerprint density at radius 2 is 1.18 bits per heavy atom. The van der Waals surface area contributed by atoms with E-state index in [1.54, 1.807) is 0 Å². The van der Waals surface area contributed by atoms with Crippen molar-refractivity contribution in [2.45, 2.75) is 12.0 Å². The highest BCUT2D eigenvalue weighted by atomic mass is 16.5. The van der Waals surface area contributed by atoms with Gasteiger partial charge in [0.25, 0.3) is 0 Å². The number of ether oxygens (including phenoxy) is 1. The molecule has 0 spiro atoms. The molecule has 1 aliphatic heterocycles. The molecule has 1 aliphatic carbocycles. The average Bonchev–Trinajstić information content (AvgIpc) is 3.97. The molecule has 0 N–H and O–H groups in total. The van der Waals surface area contributed by atoms with Crippen LogP contribution in [0.5, 0.6) is 5.75 Å². The second-order valence-electron chi connectivity index (χ2n) is 14.8. The Kier molecular flexibility index (Phi) is 6.99. The van der Waals surface area contributed by atoms with Gasteiger partial charge in [-0.2, -0.15) is 0 Å². The van der Waals surface area contributed by atoms with Crippen molar-refractivity contribution in [1.82, 2.24) is 14.5 Å². The molecule has 0 amide bonds. The third-order valence-electron chi connectivity index (χ3n) is 11.6. The fourth-order valence-corrected chi connectivity index (χ4v) is 8.96. The van der Waals surface area contributed by atoms with Gasteiger partial charge in [-0.1, -0.05) is 140 Å². The summed E-state index contributed by atoms with van der Waals surface area (Å²) in [5.74, 6) is 1.47. The first-order chi connectivity index (χ1) is 28.3. The fourth-order valence-electron chi connectivity index (χ4n) is 8.96. The largest absolute Gasteiger partial charge is 0.480 e. The van der Waals surface area contributed by atoms with Crippen LogP contribution in [0.2, 0.25) is 0 Å². The standard InChI is InChI=1S/C52H33N3O2/c1-4-14-32(15-5-1)44-31-45(33-16-6-2-7-17-33)54-52(53-44)42-24-13-23-39-41-28-27-40-38-22-12-21-36(48(38)56-50(40)51(41)57-49(39)42)34-26-29-47-43(30-34)37-20-10-11-25-46(37)55(47)35-18-8-3-9-19-35/h1-31,38,48H. The molecule has 2 unspecified atom stereocenters. The van der Waals surface area contributed by atoms with E-state index in [0.717, 1.165) is 78.2 Å². The molecule has 0 saturated carbocycles. The first kappa shape index (κ1) is 31.8. The van der Waals surface area contributed by atoms with Gasteiger partial charge < -0.3 is 13.7 Å². The summed E-state index contributed by atoms with van der Waals surface area (Å²) in [5, 5.41) is 4.46. The smallest absolute Gasteiger partial charge is 0.177 e. The summed E-state index contributed by atoms with van der Waals surface area (Å²) in [7, 11) is 0. The number of rotatable bonds is 5. The van der Waals surface area contributed by atoms with Crippen LogP contribution < -0.4 is 4.74 Å². The third kappa shape index (κ3) is 4.95. The Bertz CT molecular complexity index is 3210. The van der Waals surface area contributed by atoms with Crippen LogP contribution in [-0.4, -0.2) is 20.6 Å². The third-order valence-corrected chi connectivity index (χ3v) is 11.6. The zero-order chi connectivity index (χ0) is 37.5. The topological polar surface area (TPSA) is 53.1 Å². The number of hydrogen-bond acceptors (Lipinski definition) is 4. The van der Waals surface area contributed by atoms with Crippen molar-refractivity contribution in [3.8, 4) is 45.3 Å². The molecule has 2 atom stereocenters. The molecule has 12 rings (SSSR count). The van der Waals surface area contributed by atoms with Gasteiger partial charge in [0.15, 0.2) is 17.2 Å². The Hall–Kier alpha value is -7.50. The van der Waals surface area contributed by atoms with Crippen molar-refractivity contribution in [2.75, 3.05) is 0 Å². The molecule has 57 heavy (non-hydrogen) atoms. The number of fused-ring (bicyclic) bond motifs is 10. The van der Waals surface area contributed by atoms with Gasteiger partial charge in [0.05, 0.1) is 28.0 Å². The maximum absolute atomic E-state index is 7.04. The Morgan fingerprint density at radius 1 is 0.509 bits per heavy atom. The first-order valence-electron chi connectivity index (χ1n) is 19.4. The average molecular weight is 732 g/mol. The Balaban J connectivity index is 0.967. The highest BCUT2D eigenvalue weighted by Gasteiger charge is 2.39. The zero-order valence-corrected chi connectivity index (χ0v) is 30.7. The molecular formula is C52H33N3O2. The van der Waals surface area contributed by atoms with Gasteiger partial charge >= 0.3 is 0 Å². The number of benzene rings is 7. The van der Waals surface area contributed by atoms with Crippen molar-refractivity contribution in [2.24, 2.45) is 0 Å². The molecule has 268 valence electrons. The molecule has 0 saturated heterocycles. The van der Waals surface area contributed by atoms with Gasteiger partial charge in [0.2, 0.25) is 0 Å². The molecule has 2 aliphatic rings. The van der Waals surface area contributed by atoms with E-state index >= 15 is 0 Å². The molecule has 0 radical (unpaired) electrons. The summed E-state index contributed by atoms with van der Waals surface area (Å²) in [6.07, 6.45) is 6.45. The molecule has 5 heteroatoms. The lowest BCUT2D eigenvalue weighted by Gasteiger charge is -2.23. The molecule has 3 aromatic heterocycles. The number of allylic oxidation sites excluding steroid dienone is 2. The predicted octanol–water partition coefficient (Wildman–Crippen LogP) is 13.0. The summed E-state index contributed by atoms with van der Waals surface area (Å²) in [5.41, 5.74) is 13.1. The van der Waals surface area contributed by atoms with E-state index in [-0.39, 0.29) is 12.0 Å². The lowest BCUT2D eigenvalue weighted by molar-refractivity contribution is 0.278. The zero-order valence-electron chi connectivity index (χ0n) is 30.7. The van der Waals surface area contributed by atoms with Gasteiger partial charge in [-0.3, -0.25) is 0 Å². The minimum atomic E-state index is -0.192. The van der Waals surface area contributed by atoms with Crippen LogP contribution in [-0.2, 0) is 0 Å². The van der Waals surface area contributed by atoms with Crippen LogP contribution in [0.3, 0.4) is 0 Å². The van der Waals surface area contributed by atoms with E-state index in [9.17, 15) is 0 Å². The van der Waals surface area contributed by atoms with E-state index in [1.165, 1.54) is 21.8 Å². The minimum Gasteiger partial charge on any atom is -0.480 e. The lowest BCUT2D eigenvalue weighted by atomic mass is 9.84. The first-order valence-corrected chi connectivity index (χ1v) is 19.4. The summed E-state index contributed by atoms with van der Waals surface area (Å²) < 4.78 is 16.3. The van der Waals surface area contributed by atoms with Gasteiger partial charge in [-0.15, -0.1) is 0 Å². The maximum atomic E-state index is 7.04. The molecule has 10 aromatic rings. The number of furan rings is 1. The number of aromatic nitrogens is 3. The molecule has 5 nitrogen and oxygen atoms in total. The quantitative estimate of drug-likeness (QED) is 0.177. The van der Waals surface area contributed by atoms with Crippen LogP contribution >= 0.6 is 0 Å². The monoisotopic (exact) mass is 731 g/mol. The van der Waals surface area contributed by atoms with Crippen molar-refractivity contribution >= 4 is 49.3 Å². The van der Waals surface area contributed by atoms with Crippen molar-refractivity contribution in [3.63, 3.8) is 0 Å². The Morgan fingerprint density at radius 3 is 1.95 bits per heavy atom. The van der Waals surface area contributed by atoms with Gasteiger partial charge in [-0.05, 0) is 54.1 Å². The SMILES string of the molecule is C1=CC2c3ccc4c(oc5c(-c6nc(-c7ccccc7)cc(-c7ccccc7)n6)cccc54)c3OC2C(c2ccc3c(c2)c2ccccc2n3-c2ccccc2)=C1. The highest BCUT2D eigenvalue weighted by molar-refractivity contribution is 6.12. The fraction of sp³-hybridized carbons (Fsp3) is 0.0385. The molecule has 0 bridgehead atoms. The second-order valence-corrected chi connectivity index (χ2v) is 14.8. The number of hydrogen-bond donors (Lipinski definition) is 0. The van der Waals surface area contributed by atoms with Crippen molar-refractivity contribution in [3.05, 3.63) is 199 Å². The summed E-state index contributed by atoms with van der Waals surface area (Å²) in [4.78, 5) is 10.3. The number of nitrogens with zero attached hydrogens (tertiary/aromatic N) is 3. The summed E-state index contributed by atoms with van der Waals surface area (Å²) in [6.45, 7) is 0. The summed E-state index contributed by atoms with van der Waals surface area (Å²) >= 11 is 0. The van der Waals surface area contributed by atoms with E-state index in [1.807, 2.05) is 36.4 Å². The predicted molar refractivity (Wildman–Crippen MR) is 231 cm³/mol. The van der Waals surface area contributed by atoms with Crippen LogP contribution in [0.4, 0.5) is 0 Å². The maximum Gasteiger partial charge on any atom is 0.177 e. The molecular weight excluding hydrogens is 699 g/mol. The van der Waals surface area contributed by atoms with E-state index < -0.39 is 0 Å². The van der Waals surface area contributed by atoms with E-state index in [2.05, 4.69) is 156 Å². The van der Waals surface area contributed by atoms with Crippen LogP contribution in [0.25, 0.3) is 88.9 Å². The lowest BCUT2D eigenvalue weighted by Crippen LogP contribution is -2.21. The summed E-state index contributed by atoms with van der Waals surface area (Å²) in [6, 6.07) is 59.3. The van der Waals surface area contributed by atoms with Crippen molar-refractivity contribution in [1.29, 1.82) is 0 Å². The van der Waals surface area contributed by atoms with Gasteiger partial charge in [0, 0.05) is 55.4 Å². The second kappa shape index (κ2) is 12.5. The normalized spacial score (nSPS) is 15.9. The molecule has 0 fully saturated rings. The highest BCUT2D eigenvalue weighted by Crippen LogP contribution is 2.51. The minimum absolute atomic E-state index is 0.0535. The van der Waals surface area contributed by atoms with Crippen LogP contribution in [0, 0.1) is 0 Å². The Labute approximate surface area is 328 Å². The molecule has 7 aromatic carbocycles. The van der Waals surface area contributed by atoms with Crippen LogP contribution in [0.15, 0.2) is 193 Å². The van der Waals surface area contributed by atoms with Crippen LogP contribution in [0.1, 0.15) is 17.0 Å². The number of para-hydroxylation sites is 3. The van der Waals surface area contributed by atoms with Gasteiger partial charge in [-0.25, -0.2) is 9.97 Å². The van der Waals surface area contributed by atoms with E-state index in [4.69, 9.17) is 19.1 Å². The van der Waals surface area contributed by atoms with Gasteiger partial charge in [0.1, 0.15) is 11.7 Å². The van der Waals surface area contributed by atoms with E-state index in [0.29, 0.717) is 5.82 Å². The van der Waals surface area contributed by atoms with Crippen molar-refractivity contribution < 1.29 is 9.15 Å².